The lowest BCUT2D eigenvalue weighted by molar-refractivity contribution is -0.206. The van der Waals surface area contributed by atoms with Crippen LogP contribution in [-0.4, -0.2) is 22.4 Å². The topological polar surface area (TPSA) is 57.5 Å². The number of fused-ring (bicyclic) bond motifs is 1. The Hall–Kier alpha value is -3.92. The third-order valence-electron chi connectivity index (χ3n) is 5.68. The Bertz CT molecular complexity index is 1440. The van der Waals surface area contributed by atoms with E-state index < -0.39 is 46.9 Å². The van der Waals surface area contributed by atoms with Crippen molar-refractivity contribution >= 4 is 16.7 Å². The molecule has 0 aliphatic rings. The molecule has 36 heavy (non-hydrogen) atoms. The molecule has 3 nitrogen and oxygen atoms in total. The number of carbonyl (C=O) groups is 1. The van der Waals surface area contributed by atoms with Gasteiger partial charge in [0.05, 0.1) is 11.1 Å². The van der Waals surface area contributed by atoms with Crippen LogP contribution < -0.4 is 0 Å². The molecule has 2 N–H and O–H groups in total. The monoisotopic (exact) mass is 508 g/mol. The molecule has 0 heterocycles. The van der Waals surface area contributed by atoms with Gasteiger partial charge in [0, 0.05) is 5.56 Å². The summed E-state index contributed by atoms with van der Waals surface area (Å²) in [5, 5.41) is 19.4. The number of carboxylic acid groups (broad SMARTS) is 1. The summed E-state index contributed by atoms with van der Waals surface area (Å²) in [4.78, 5) is 11.7. The second-order valence-corrected chi connectivity index (χ2v) is 8.00. The van der Waals surface area contributed by atoms with Gasteiger partial charge in [0.15, 0.2) is 6.10 Å². The van der Waals surface area contributed by atoms with E-state index in [1.54, 1.807) is 0 Å². The van der Waals surface area contributed by atoms with Crippen molar-refractivity contribution in [2.24, 2.45) is 0 Å². The zero-order chi connectivity index (χ0) is 26.4. The lowest BCUT2D eigenvalue weighted by Gasteiger charge is -2.16. The van der Waals surface area contributed by atoms with Crippen LogP contribution in [0.1, 0.15) is 27.6 Å². The maximum absolute atomic E-state index is 15.3. The molecule has 0 radical (unpaired) electrons. The zero-order valence-electron chi connectivity index (χ0n) is 18.0. The minimum atomic E-state index is -4.91. The standard InChI is InChI=1S/C26H15F7O3/c27-22-20(24(35)36)12-17-11-16(13-5-8-18(9-6-13)25(28,29)30)7-10-19(17)21(22)14-1-3-15(4-2-14)23(34)26(31,32)33/h1-12,23,34H,(H,35,36)/t23-/m0/s1. The third kappa shape index (κ3) is 4.76. The molecule has 0 bridgehead atoms. The van der Waals surface area contributed by atoms with Crippen LogP contribution >= 0.6 is 0 Å². The number of carboxylic acids is 1. The number of benzene rings is 4. The van der Waals surface area contributed by atoms with E-state index in [2.05, 4.69) is 0 Å². The van der Waals surface area contributed by atoms with E-state index >= 15 is 4.39 Å². The normalized spacial score (nSPS) is 13.1. The van der Waals surface area contributed by atoms with Gasteiger partial charge in [0.1, 0.15) is 5.82 Å². The number of rotatable bonds is 4. The number of hydrogen-bond acceptors (Lipinski definition) is 2. The first-order chi connectivity index (χ1) is 16.8. The summed E-state index contributed by atoms with van der Waals surface area (Å²) in [5.74, 6) is -2.69. The lowest BCUT2D eigenvalue weighted by Crippen LogP contribution is -2.20. The van der Waals surface area contributed by atoms with Gasteiger partial charge in [0.2, 0.25) is 0 Å². The van der Waals surface area contributed by atoms with E-state index in [1.807, 2.05) is 0 Å². The molecule has 0 amide bonds. The largest absolute Gasteiger partial charge is 0.478 e. The van der Waals surface area contributed by atoms with Crippen molar-refractivity contribution in [2.75, 3.05) is 0 Å². The Morgan fingerprint density at radius 1 is 0.750 bits per heavy atom. The Kier molecular flexibility index (Phi) is 6.25. The van der Waals surface area contributed by atoms with E-state index in [0.29, 0.717) is 11.1 Å². The molecule has 0 spiro atoms. The fraction of sp³-hybridized carbons (Fsp3) is 0.115. The summed E-state index contributed by atoms with van der Waals surface area (Å²) in [5.41, 5.74) is -1.29. The van der Waals surface area contributed by atoms with Gasteiger partial charge < -0.3 is 10.2 Å². The van der Waals surface area contributed by atoms with Crippen LogP contribution in [0.2, 0.25) is 0 Å². The summed E-state index contributed by atoms with van der Waals surface area (Å²) in [6, 6.07) is 14.0. The van der Waals surface area contributed by atoms with Gasteiger partial charge in [-0.3, -0.25) is 0 Å². The smallest absolute Gasteiger partial charge is 0.418 e. The molecule has 4 aromatic rings. The van der Waals surface area contributed by atoms with Crippen molar-refractivity contribution in [3.63, 3.8) is 0 Å². The fourth-order valence-electron chi connectivity index (χ4n) is 3.87. The van der Waals surface area contributed by atoms with E-state index in [4.69, 9.17) is 0 Å². The summed E-state index contributed by atoms with van der Waals surface area (Å²) < 4.78 is 92.2. The first-order valence-electron chi connectivity index (χ1n) is 10.3. The van der Waals surface area contributed by atoms with Gasteiger partial charge >= 0.3 is 18.3 Å². The molecule has 0 aromatic heterocycles. The highest BCUT2D eigenvalue weighted by Crippen LogP contribution is 2.38. The van der Waals surface area contributed by atoms with Crippen LogP contribution in [0.25, 0.3) is 33.0 Å². The summed E-state index contributed by atoms with van der Waals surface area (Å²) >= 11 is 0. The molecule has 4 rings (SSSR count). The first kappa shape index (κ1) is 25.2. The highest BCUT2D eigenvalue weighted by atomic mass is 19.4. The Labute approximate surface area is 199 Å². The fourth-order valence-corrected chi connectivity index (χ4v) is 3.87. The minimum Gasteiger partial charge on any atom is -0.478 e. The van der Waals surface area contributed by atoms with E-state index in [0.717, 1.165) is 42.5 Å². The van der Waals surface area contributed by atoms with Gasteiger partial charge in [-0.1, -0.05) is 48.5 Å². The minimum absolute atomic E-state index is 0.0704. The number of aliphatic hydroxyl groups excluding tert-OH is 1. The van der Waals surface area contributed by atoms with Gasteiger partial charge in [-0.05, 0) is 57.3 Å². The molecule has 0 aliphatic heterocycles. The maximum atomic E-state index is 15.3. The molecule has 0 saturated carbocycles. The molecule has 4 aromatic carbocycles. The van der Waals surface area contributed by atoms with Crippen LogP contribution in [0.15, 0.2) is 72.8 Å². The highest BCUT2D eigenvalue weighted by Gasteiger charge is 2.39. The van der Waals surface area contributed by atoms with Crippen molar-refractivity contribution in [1.82, 2.24) is 0 Å². The van der Waals surface area contributed by atoms with Gasteiger partial charge in [0.25, 0.3) is 0 Å². The van der Waals surface area contributed by atoms with Crippen molar-refractivity contribution in [1.29, 1.82) is 0 Å². The predicted octanol–water partition coefficient (Wildman–Crippen LogP) is 7.63. The second-order valence-electron chi connectivity index (χ2n) is 8.00. The molecule has 1 atom stereocenters. The van der Waals surface area contributed by atoms with Gasteiger partial charge in [-0.2, -0.15) is 26.3 Å². The molecule has 0 unspecified atom stereocenters. The first-order valence-corrected chi connectivity index (χ1v) is 10.3. The van der Waals surface area contributed by atoms with Crippen molar-refractivity contribution in [3.8, 4) is 22.3 Å². The Morgan fingerprint density at radius 2 is 1.31 bits per heavy atom. The van der Waals surface area contributed by atoms with Crippen molar-refractivity contribution < 1.29 is 45.7 Å². The number of aromatic carboxylic acids is 1. The van der Waals surface area contributed by atoms with Crippen LogP contribution in [0.3, 0.4) is 0 Å². The molecular weight excluding hydrogens is 493 g/mol. The Balaban J connectivity index is 1.85. The summed E-state index contributed by atoms with van der Waals surface area (Å²) in [6.07, 6.45) is -12.2. The second kappa shape index (κ2) is 8.94. The third-order valence-corrected chi connectivity index (χ3v) is 5.68. The van der Waals surface area contributed by atoms with Crippen LogP contribution in [-0.2, 0) is 6.18 Å². The molecule has 186 valence electrons. The molecular formula is C26H15F7O3. The summed E-state index contributed by atoms with van der Waals surface area (Å²) in [6.45, 7) is 0. The number of halogens is 7. The average Bonchev–Trinajstić information content (AvgIpc) is 2.82. The van der Waals surface area contributed by atoms with Gasteiger partial charge in [-0.25, -0.2) is 9.18 Å². The number of aliphatic hydroxyl groups is 1. The maximum Gasteiger partial charge on any atom is 0.418 e. The average molecular weight is 508 g/mol. The van der Waals surface area contributed by atoms with Crippen LogP contribution in [0.4, 0.5) is 30.7 Å². The number of alkyl halides is 6. The van der Waals surface area contributed by atoms with Crippen LogP contribution in [0.5, 0.6) is 0 Å². The SMILES string of the molecule is O=C(O)c1cc2cc(-c3ccc(C(F)(F)F)cc3)ccc2c(-c2ccc([C@H](O)C(F)(F)F)cc2)c1F. The van der Waals surface area contributed by atoms with E-state index in [-0.39, 0.29) is 21.9 Å². The van der Waals surface area contributed by atoms with Gasteiger partial charge in [-0.15, -0.1) is 0 Å². The van der Waals surface area contributed by atoms with Crippen molar-refractivity contribution in [2.45, 2.75) is 18.5 Å². The quantitative estimate of drug-likeness (QED) is 0.279. The number of hydrogen-bond donors (Lipinski definition) is 2. The molecule has 0 saturated heterocycles. The Morgan fingerprint density at radius 3 is 1.83 bits per heavy atom. The van der Waals surface area contributed by atoms with E-state index in [9.17, 15) is 41.4 Å². The van der Waals surface area contributed by atoms with E-state index in [1.165, 1.54) is 30.3 Å². The van der Waals surface area contributed by atoms with Crippen LogP contribution in [0, 0.1) is 5.82 Å². The summed E-state index contributed by atoms with van der Waals surface area (Å²) in [7, 11) is 0. The molecule has 0 aliphatic carbocycles. The van der Waals surface area contributed by atoms with Crippen molar-refractivity contribution in [3.05, 3.63) is 95.3 Å². The lowest BCUT2D eigenvalue weighted by atomic mass is 9.91. The predicted molar refractivity (Wildman–Crippen MR) is 118 cm³/mol. The highest BCUT2D eigenvalue weighted by molar-refractivity contribution is 6.04. The zero-order valence-corrected chi connectivity index (χ0v) is 18.0. The molecule has 0 fully saturated rings. The molecule has 10 heteroatoms.